The van der Waals surface area contributed by atoms with Crippen molar-refractivity contribution in [3.63, 3.8) is 0 Å². The maximum absolute atomic E-state index is 14.0. The number of likely N-dealkylation sites (tertiary alicyclic amines) is 1. The van der Waals surface area contributed by atoms with Gasteiger partial charge in [-0.15, -0.1) is 0 Å². The van der Waals surface area contributed by atoms with Gasteiger partial charge in [-0.25, -0.2) is 4.39 Å². The van der Waals surface area contributed by atoms with Crippen molar-refractivity contribution in [3.8, 4) is 0 Å². The Kier molecular flexibility index (Phi) is 5.23. The van der Waals surface area contributed by atoms with Gasteiger partial charge in [0.15, 0.2) is 0 Å². The Morgan fingerprint density at radius 2 is 1.96 bits per heavy atom. The van der Waals surface area contributed by atoms with Gasteiger partial charge in [0, 0.05) is 32.6 Å². The van der Waals surface area contributed by atoms with E-state index in [1.807, 2.05) is 4.90 Å². The van der Waals surface area contributed by atoms with Gasteiger partial charge >= 0.3 is 0 Å². The summed E-state index contributed by atoms with van der Waals surface area (Å²) in [6, 6.07) is -0.425. The predicted octanol–water partition coefficient (Wildman–Crippen LogP) is 1.20. The number of amides is 1. The molecule has 0 aromatic heterocycles. The number of halogens is 1. The van der Waals surface area contributed by atoms with Crippen LogP contribution in [0.2, 0.25) is 0 Å². The Balaban J connectivity index is 1.63. The van der Waals surface area contributed by atoms with Crippen LogP contribution in [0.5, 0.6) is 0 Å². The van der Waals surface area contributed by atoms with Gasteiger partial charge in [0.05, 0.1) is 24.9 Å². The SMILES string of the molecule is CC1CCC(O)(CN2C[C@H](F)C[C@H]2C(=O)N2CCOCC2)CC1. The van der Waals surface area contributed by atoms with E-state index in [1.54, 1.807) is 4.90 Å². The maximum atomic E-state index is 14.0. The number of hydrogen-bond donors (Lipinski definition) is 1. The molecule has 3 fully saturated rings. The van der Waals surface area contributed by atoms with E-state index in [0.717, 1.165) is 25.7 Å². The van der Waals surface area contributed by atoms with Crippen LogP contribution in [0.25, 0.3) is 0 Å². The molecule has 0 unspecified atom stereocenters. The molecule has 2 saturated heterocycles. The number of aliphatic hydroxyl groups is 1. The van der Waals surface area contributed by atoms with Gasteiger partial charge in [0.1, 0.15) is 6.17 Å². The lowest BCUT2D eigenvalue weighted by molar-refractivity contribution is -0.141. The molecule has 23 heavy (non-hydrogen) atoms. The Morgan fingerprint density at radius 1 is 1.30 bits per heavy atom. The number of nitrogens with zero attached hydrogens (tertiary/aromatic N) is 2. The summed E-state index contributed by atoms with van der Waals surface area (Å²) >= 11 is 0. The van der Waals surface area contributed by atoms with E-state index >= 15 is 0 Å². The van der Waals surface area contributed by atoms with E-state index in [2.05, 4.69) is 6.92 Å². The fourth-order valence-corrected chi connectivity index (χ4v) is 4.11. The standard InChI is InChI=1S/C17H29FN2O3/c1-13-2-4-17(22,5-3-13)12-20-11-14(18)10-15(20)16(21)19-6-8-23-9-7-19/h13-15,22H,2-12H2,1H3/t13?,14-,15+,17?/m1/s1. The second kappa shape index (κ2) is 7.03. The highest BCUT2D eigenvalue weighted by molar-refractivity contribution is 5.82. The van der Waals surface area contributed by atoms with Crippen LogP contribution in [0.15, 0.2) is 0 Å². The third-order valence-corrected chi connectivity index (χ3v) is 5.66. The zero-order valence-electron chi connectivity index (χ0n) is 14.0. The Bertz CT molecular complexity index is 420. The average Bonchev–Trinajstić information content (AvgIpc) is 2.91. The van der Waals surface area contributed by atoms with Crippen molar-refractivity contribution < 1.29 is 19.0 Å². The molecule has 2 aliphatic heterocycles. The highest BCUT2D eigenvalue weighted by atomic mass is 19.1. The number of hydrogen-bond acceptors (Lipinski definition) is 4. The molecule has 0 aromatic carbocycles. The van der Waals surface area contributed by atoms with E-state index in [1.165, 1.54) is 0 Å². The minimum absolute atomic E-state index is 0.00114. The summed E-state index contributed by atoms with van der Waals surface area (Å²) < 4.78 is 19.3. The molecule has 6 heteroatoms. The van der Waals surface area contributed by atoms with E-state index in [4.69, 9.17) is 4.74 Å². The highest BCUT2D eigenvalue weighted by Crippen LogP contribution is 2.34. The second-order valence-electron chi connectivity index (χ2n) is 7.62. The zero-order valence-corrected chi connectivity index (χ0v) is 14.0. The van der Waals surface area contributed by atoms with E-state index in [-0.39, 0.29) is 18.9 Å². The summed E-state index contributed by atoms with van der Waals surface area (Å²) in [6.45, 7) is 5.17. The highest BCUT2D eigenvalue weighted by Gasteiger charge is 2.43. The molecular formula is C17H29FN2O3. The number of alkyl halides is 1. The minimum atomic E-state index is -0.976. The number of β-amino-alcohol motifs (C(OH)–C–C–N with tert-alkyl or cyclic N) is 1. The van der Waals surface area contributed by atoms with Crippen LogP contribution in [-0.2, 0) is 9.53 Å². The maximum Gasteiger partial charge on any atom is 0.240 e. The molecule has 132 valence electrons. The molecule has 2 heterocycles. The zero-order chi connectivity index (χ0) is 16.4. The molecule has 5 nitrogen and oxygen atoms in total. The average molecular weight is 328 g/mol. The van der Waals surface area contributed by atoms with Crippen molar-refractivity contribution in [2.24, 2.45) is 5.92 Å². The van der Waals surface area contributed by atoms with Crippen LogP contribution < -0.4 is 0 Å². The number of rotatable bonds is 3. The first-order chi connectivity index (χ1) is 11.0. The summed E-state index contributed by atoms with van der Waals surface area (Å²) in [5, 5.41) is 10.8. The molecule has 0 bridgehead atoms. The quantitative estimate of drug-likeness (QED) is 0.846. The van der Waals surface area contributed by atoms with Crippen LogP contribution in [0.4, 0.5) is 4.39 Å². The van der Waals surface area contributed by atoms with E-state index in [9.17, 15) is 14.3 Å². The third-order valence-electron chi connectivity index (χ3n) is 5.66. The van der Waals surface area contributed by atoms with Gasteiger partial charge < -0.3 is 14.7 Å². The summed E-state index contributed by atoms with van der Waals surface area (Å²) in [7, 11) is 0. The van der Waals surface area contributed by atoms with Crippen LogP contribution in [0.1, 0.15) is 39.0 Å². The Labute approximate surface area is 137 Å². The lowest BCUT2D eigenvalue weighted by Crippen LogP contribution is -2.53. The van der Waals surface area contributed by atoms with Gasteiger partial charge in [-0.3, -0.25) is 9.69 Å². The molecule has 3 aliphatic rings. The van der Waals surface area contributed by atoms with Crippen molar-refractivity contribution >= 4 is 5.91 Å². The van der Waals surface area contributed by atoms with Crippen LogP contribution in [0, 0.1) is 5.92 Å². The summed E-state index contributed by atoms with van der Waals surface area (Å²) in [5.41, 5.74) is -0.764. The Hall–Kier alpha value is -0.720. The van der Waals surface area contributed by atoms with Crippen LogP contribution >= 0.6 is 0 Å². The third kappa shape index (κ3) is 4.03. The lowest BCUT2D eigenvalue weighted by Gasteiger charge is -2.40. The minimum Gasteiger partial charge on any atom is -0.389 e. The van der Waals surface area contributed by atoms with Gasteiger partial charge in [-0.1, -0.05) is 6.92 Å². The molecule has 3 rings (SSSR count). The molecule has 1 N–H and O–H groups in total. The fraction of sp³-hybridized carbons (Fsp3) is 0.941. The number of carbonyl (C=O) groups excluding carboxylic acids is 1. The molecule has 1 amide bonds. The molecule has 0 aromatic rings. The summed E-state index contributed by atoms with van der Waals surface area (Å²) in [5.74, 6) is 0.648. The van der Waals surface area contributed by atoms with Gasteiger partial charge in [0.25, 0.3) is 0 Å². The number of ether oxygens (including phenoxy) is 1. The molecular weight excluding hydrogens is 299 g/mol. The van der Waals surface area contributed by atoms with Crippen molar-refractivity contribution in [2.75, 3.05) is 39.4 Å². The van der Waals surface area contributed by atoms with Gasteiger partial charge in [0.2, 0.25) is 5.91 Å². The molecule has 2 atom stereocenters. The van der Waals surface area contributed by atoms with Crippen molar-refractivity contribution in [1.29, 1.82) is 0 Å². The fourth-order valence-electron chi connectivity index (χ4n) is 4.11. The molecule has 1 saturated carbocycles. The normalized spacial score (nSPS) is 39.6. The topological polar surface area (TPSA) is 53.0 Å². The van der Waals surface area contributed by atoms with Crippen molar-refractivity contribution in [1.82, 2.24) is 9.80 Å². The van der Waals surface area contributed by atoms with Crippen molar-refractivity contribution in [3.05, 3.63) is 0 Å². The molecule has 0 spiro atoms. The first kappa shape index (κ1) is 17.1. The van der Waals surface area contributed by atoms with E-state index in [0.29, 0.717) is 38.8 Å². The molecule has 0 radical (unpaired) electrons. The summed E-state index contributed by atoms with van der Waals surface area (Å²) in [4.78, 5) is 16.4. The lowest BCUT2D eigenvalue weighted by atomic mass is 9.79. The first-order valence-corrected chi connectivity index (χ1v) is 8.94. The predicted molar refractivity (Wildman–Crippen MR) is 84.9 cm³/mol. The monoisotopic (exact) mass is 328 g/mol. The molecule has 1 aliphatic carbocycles. The second-order valence-corrected chi connectivity index (χ2v) is 7.62. The largest absolute Gasteiger partial charge is 0.389 e. The number of carbonyl (C=O) groups is 1. The van der Waals surface area contributed by atoms with E-state index < -0.39 is 17.8 Å². The van der Waals surface area contributed by atoms with Crippen LogP contribution in [0.3, 0.4) is 0 Å². The van der Waals surface area contributed by atoms with Gasteiger partial charge in [-0.2, -0.15) is 0 Å². The smallest absolute Gasteiger partial charge is 0.240 e. The van der Waals surface area contributed by atoms with Crippen LogP contribution in [-0.4, -0.2) is 78.0 Å². The van der Waals surface area contributed by atoms with Gasteiger partial charge in [-0.05, 0) is 31.6 Å². The summed E-state index contributed by atoms with van der Waals surface area (Å²) in [6.07, 6.45) is 2.79. The first-order valence-electron chi connectivity index (χ1n) is 8.94. The number of morpholine rings is 1. The van der Waals surface area contributed by atoms with Crippen molar-refractivity contribution in [2.45, 2.75) is 56.8 Å². The Morgan fingerprint density at radius 3 is 2.61 bits per heavy atom.